The van der Waals surface area contributed by atoms with Crippen molar-refractivity contribution in [3.8, 4) is 0 Å². The van der Waals surface area contributed by atoms with Gasteiger partial charge in [-0.2, -0.15) is 0 Å². The van der Waals surface area contributed by atoms with Crippen molar-refractivity contribution in [1.29, 1.82) is 0 Å². The molecule has 0 aromatic carbocycles. The predicted octanol–water partition coefficient (Wildman–Crippen LogP) is 0.218. The molecule has 0 radical (unpaired) electrons. The molecule has 0 aromatic heterocycles. The Morgan fingerprint density at radius 1 is 1.60 bits per heavy atom. The largest absolute Gasteiger partial charge is 0.374 e. The molecule has 0 aromatic rings. The molecule has 1 rings (SSSR count). The van der Waals surface area contributed by atoms with Crippen LogP contribution in [-0.4, -0.2) is 49.6 Å². The summed E-state index contributed by atoms with van der Waals surface area (Å²) >= 11 is 0. The number of carbonyl (C=O) groups is 1. The van der Waals surface area contributed by atoms with Gasteiger partial charge in [0, 0.05) is 13.1 Å². The van der Waals surface area contributed by atoms with E-state index in [9.17, 15) is 13.6 Å². The molecule has 88 valence electrons. The third kappa shape index (κ3) is 4.09. The Hall–Kier alpha value is -0.750. The number of alkyl halides is 2. The Bertz CT molecular complexity index is 214. The monoisotopic (exact) mass is 222 g/mol. The average Bonchev–Trinajstić information content (AvgIpc) is 2.18. The van der Waals surface area contributed by atoms with E-state index in [2.05, 4.69) is 0 Å². The molecule has 1 fully saturated rings. The molecule has 1 unspecified atom stereocenters. The minimum atomic E-state index is -2.45. The van der Waals surface area contributed by atoms with E-state index in [1.807, 2.05) is 0 Å². The van der Waals surface area contributed by atoms with Crippen LogP contribution in [0.5, 0.6) is 0 Å². The molecule has 0 saturated carbocycles. The number of hydrogen-bond donors (Lipinski definition) is 1. The molecule has 15 heavy (non-hydrogen) atoms. The standard InChI is InChI=1S/C9H16F2N2O2/c10-8(11)6-15-5-4-13-3-1-2-7(12)9(13)14/h7-8H,1-6,12H2. The fourth-order valence-corrected chi connectivity index (χ4v) is 1.54. The lowest BCUT2D eigenvalue weighted by atomic mass is 10.1. The van der Waals surface area contributed by atoms with Gasteiger partial charge in [0.1, 0.15) is 6.61 Å². The van der Waals surface area contributed by atoms with Crippen LogP contribution in [0.3, 0.4) is 0 Å². The van der Waals surface area contributed by atoms with Gasteiger partial charge in [0.15, 0.2) is 0 Å². The molecular weight excluding hydrogens is 206 g/mol. The van der Waals surface area contributed by atoms with Crippen molar-refractivity contribution < 1.29 is 18.3 Å². The van der Waals surface area contributed by atoms with Gasteiger partial charge in [0.05, 0.1) is 12.6 Å². The molecule has 1 aliphatic rings. The minimum absolute atomic E-state index is 0.109. The van der Waals surface area contributed by atoms with Gasteiger partial charge in [-0.1, -0.05) is 0 Å². The summed E-state index contributed by atoms with van der Waals surface area (Å²) in [5.41, 5.74) is 5.57. The van der Waals surface area contributed by atoms with Gasteiger partial charge in [-0.15, -0.1) is 0 Å². The Kier molecular flexibility index (Phi) is 4.90. The molecule has 2 N–H and O–H groups in total. The second kappa shape index (κ2) is 5.97. The van der Waals surface area contributed by atoms with Gasteiger partial charge >= 0.3 is 0 Å². The summed E-state index contributed by atoms with van der Waals surface area (Å²) in [4.78, 5) is 13.0. The van der Waals surface area contributed by atoms with Crippen LogP contribution >= 0.6 is 0 Å². The number of halogens is 2. The molecule has 1 heterocycles. The first-order valence-corrected chi connectivity index (χ1v) is 5.01. The normalized spacial score (nSPS) is 22.5. The summed E-state index contributed by atoms with van der Waals surface area (Å²) in [6, 6.07) is -0.436. The number of hydrogen-bond acceptors (Lipinski definition) is 3. The fourth-order valence-electron chi connectivity index (χ4n) is 1.54. The van der Waals surface area contributed by atoms with Crippen LogP contribution in [0, 0.1) is 0 Å². The Labute approximate surface area is 87.4 Å². The van der Waals surface area contributed by atoms with Crippen molar-refractivity contribution in [2.24, 2.45) is 5.73 Å². The lowest BCUT2D eigenvalue weighted by Crippen LogP contribution is -2.49. The Morgan fingerprint density at radius 3 is 3.00 bits per heavy atom. The summed E-state index contributed by atoms with van der Waals surface area (Å²) in [7, 11) is 0. The number of piperidine rings is 1. The van der Waals surface area contributed by atoms with E-state index in [0.29, 0.717) is 19.5 Å². The van der Waals surface area contributed by atoms with E-state index < -0.39 is 19.1 Å². The van der Waals surface area contributed by atoms with Gasteiger partial charge in [0.2, 0.25) is 5.91 Å². The van der Waals surface area contributed by atoms with Gasteiger partial charge in [-0.25, -0.2) is 8.78 Å². The van der Waals surface area contributed by atoms with Crippen molar-refractivity contribution in [3.05, 3.63) is 0 Å². The topological polar surface area (TPSA) is 55.6 Å². The van der Waals surface area contributed by atoms with Crippen LogP contribution in [-0.2, 0) is 9.53 Å². The van der Waals surface area contributed by atoms with Crippen LogP contribution in [0.4, 0.5) is 8.78 Å². The van der Waals surface area contributed by atoms with Gasteiger partial charge in [-0.3, -0.25) is 4.79 Å². The number of nitrogens with two attached hydrogens (primary N) is 1. The molecular formula is C9H16F2N2O2. The van der Waals surface area contributed by atoms with Gasteiger partial charge in [0.25, 0.3) is 6.43 Å². The number of ether oxygens (including phenoxy) is 1. The summed E-state index contributed by atoms with van der Waals surface area (Å²) in [6.45, 7) is 0.556. The molecule has 6 heteroatoms. The quantitative estimate of drug-likeness (QED) is 0.677. The van der Waals surface area contributed by atoms with Crippen LogP contribution < -0.4 is 5.73 Å². The van der Waals surface area contributed by atoms with Crippen LogP contribution in [0.2, 0.25) is 0 Å². The smallest absolute Gasteiger partial charge is 0.261 e. The first-order chi connectivity index (χ1) is 7.11. The van der Waals surface area contributed by atoms with E-state index in [4.69, 9.17) is 10.5 Å². The maximum atomic E-state index is 11.7. The van der Waals surface area contributed by atoms with Crippen molar-refractivity contribution in [2.45, 2.75) is 25.3 Å². The van der Waals surface area contributed by atoms with Crippen LogP contribution in [0.15, 0.2) is 0 Å². The molecule has 4 nitrogen and oxygen atoms in total. The Balaban J connectivity index is 2.17. The highest BCUT2D eigenvalue weighted by Crippen LogP contribution is 2.09. The van der Waals surface area contributed by atoms with Crippen molar-refractivity contribution in [2.75, 3.05) is 26.3 Å². The van der Waals surface area contributed by atoms with Gasteiger partial charge in [-0.05, 0) is 12.8 Å². The average molecular weight is 222 g/mol. The molecule has 1 aliphatic heterocycles. The zero-order valence-corrected chi connectivity index (χ0v) is 8.49. The number of likely N-dealkylation sites (tertiary alicyclic amines) is 1. The maximum absolute atomic E-state index is 11.7. The number of carbonyl (C=O) groups excluding carboxylic acids is 1. The lowest BCUT2D eigenvalue weighted by Gasteiger charge is -2.30. The SMILES string of the molecule is NC1CCCN(CCOCC(F)F)C1=O. The van der Waals surface area contributed by atoms with E-state index in [1.165, 1.54) is 0 Å². The highest BCUT2D eigenvalue weighted by molar-refractivity contribution is 5.82. The third-order valence-electron chi connectivity index (χ3n) is 2.32. The summed E-state index contributed by atoms with van der Waals surface area (Å²) in [5.74, 6) is -0.109. The molecule has 0 aliphatic carbocycles. The zero-order chi connectivity index (χ0) is 11.3. The highest BCUT2D eigenvalue weighted by Gasteiger charge is 2.24. The third-order valence-corrected chi connectivity index (χ3v) is 2.32. The Morgan fingerprint density at radius 2 is 2.33 bits per heavy atom. The number of rotatable bonds is 5. The second-order valence-electron chi connectivity index (χ2n) is 3.54. The van der Waals surface area contributed by atoms with E-state index in [0.717, 1.165) is 6.42 Å². The van der Waals surface area contributed by atoms with Crippen molar-refractivity contribution in [1.82, 2.24) is 4.90 Å². The van der Waals surface area contributed by atoms with Crippen LogP contribution in [0.25, 0.3) is 0 Å². The molecule has 1 atom stereocenters. The predicted molar refractivity (Wildman–Crippen MR) is 50.6 cm³/mol. The van der Waals surface area contributed by atoms with E-state index in [1.54, 1.807) is 4.90 Å². The zero-order valence-electron chi connectivity index (χ0n) is 8.49. The lowest BCUT2D eigenvalue weighted by molar-refractivity contribution is -0.135. The second-order valence-corrected chi connectivity index (χ2v) is 3.54. The molecule has 1 saturated heterocycles. The van der Waals surface area contributed by atoms with E-state index >= 15 is 0 Å². The maximum Gasteiger partial charge on any atom is 0.261 e. The molecule has 0 spiro atoms. The van der Waals surface area contributed by atoms with Gasteiger partial charge < -0.3 is 15.4 Å². The van der Waals surface area contributed by atoms with Crippen molar-refractivity contribution >= 4 is 5.91 Å². The fraction of sp³-hybridized carbons (Fsp3) is 0.889. The first-order valence-electron chi connectivity index (χ1n) is 5.01. The summed E-state index contributed by atoms with van der Waals surface area (Å²) in [5, 5.41) is 0. The van der Waals surface area contributed by atoms with Crippen molar-refractivity contribution in [3.63, 3.8) is 0 Å². The highest BCUT2D eigenvalue weighted by atomic mass is 19.3. The molecule has 1 amide bonds. The minimum Gasteiger partial charge on any atom is -0.374 e. The number of amides is 1. The van der Waals surface area contributed by atoms with E-state index in [-0.39, 0.29) is 12.5 Å². The first kappa shape index (κ1) is 12.3. The number of nitrogens with zero attached hydrogens (tertiary/aromatic N) is 1. The molecule has 0 bridgehead atoms. The summed E-state index contributed by atoms with van der Waals surface area (Å²) < 4.78 is 28.1. The van der Waals surface area contributed by atoms with Crippen LogP contribution in [0.1, 0.15) is 12.8 Å². The summed E-state index contributed by atoms with van der Waals surface area (Å²) in [6.07, 6.45) is -0.890.